The minimum absolute atomic E-state index is 0.198. The number of carbonyl (C=O) groups is 1. The second-order valence-corrected chi connectivity index (χ2v) is 4.38. The Morgan fingerprint density at radius 2 is 2.21 bits per heavy atom. The van der Waals surface area contributed by atoms with Crippen LogP contribution in [0.25, 0.3) is 0 Å². The number of aryl methyl sites for hydroxylation is 2. The van der Waals surface area contributed by atoms with Crippen molar-refractivity contribution in [2.24, 2.45) is 0 Å². The summed E-state index contributed by atoms with van der Waals surface area (Å²) in [5, 5.41) is 5.94. The van der Waals surface area contributed by atoms with Crippen LogP contribution in [0.1, 0.15) is 23.4 Å². The van der Waals surface area contributed by atoms with Gasteiger partial charge < -0.3 is 5.32 Å². The molecule has 0 aliphatic heterocycles. The smallest absolute Gasteiger partial charge is 0.320 e. The number of anilines is 1. The van der Waals surface area contributed by atoms with Crippen molar-refractivity contribution in [1.29, 1.82) is 0 Å². The molecule has 1 heterocycles. The third-order valence-electron chi connectivity index (χ3n) is 2.29. The maximum absolute atomic E-state index is 11.0. The Balaban J connectivity index is 2.12. The zero-order valence-corrected chi connectivity index (χ0v) is 8.91. The number of fused-ring (bicyclic) bond motifs is 1. The molecular weight excluding hydrogens is 198 g/mol. The van der Waals surface area contributed by atoms with Gasteiger partial charge in [0.15, 0.2) is 5.13 Å². The summed E-state index contributed by atoms with van der Waals surface area (Å²) in [5.41, 5.74) is 1.17. The van der Waals surface area contributed by atoms with Crippen LogP contribution in [-0.2, 0) is 12.8 Å². The lowest BCUT2D eigenvalue weighted by Gasteiger charge is -2.06. The van der Waals surface area contributed by atoms with Gasteiger partial charge >= 0.3 is 6.03 Å². The Bertz CT molecular complexity index is 324. The SMILES string of the molecule is CNC(=O)Nc1nc2c(s1)CCCC2. The number of urea groups is 1. The average molecular weight is 211 g/mol. The normalized spacial score (nSPS) is 14.6. The first-order valence-electron chi connectivity index (χ1n) is 4.77. The van der Waals surface area contributed by atoms with Crippen molar-refractivity contribution in [3.8, 4) is 0 Å². The molecule has 0 spiro atoms. The molecule has 1 aromatic heterocycles. The van der Waals surface area contributed by atoms with E-state index in [0.717, 1.165) is 18.0 Å². The van der Waals surface area contributed by atoms with E-state index in [9.17, 15) is 4.79 Å². The van der Waals surface area contributed by atoms with E-state index < -0.39 is 0 Å². The molecule has 76 valence electrons. The van der Waals surface area contributed by atoms with E-state index in [2.05, 4.69) is 15.6 Å². The molecule has 0 saturated carbocycles. The summed E-state index contributed by atoms with van der Waals surface area (Å²) >= 11 is 1.60. The van der Waals surface area contributed by atoms with Crippen molar-refractivity contribution < 1.29 is 4.79 Å². The highest BCUT2D eigenvalue weighted by molar-refractivity contribution is 7.15. The molecule has 1 aromatic rings. The Morgan fingerprint density at radius 3 is 2.93 bits per heavy atom. The topological polar surface area (TPSA) is 54.0 Å². The average Bonchev–Trinajstić information content (AvgIpc) is 2.59. The van der Waals surface area contributed by atoms with E-state index in [1.807, 2.05) is 0 Å². The van der Waals surface area contributed by atoms with E-state index in [-0.39, 0.29) is 6.03 Å². The summed E-state index contributed by atoms with van der Waals surface area (Å²) in [6, 6.07) is -0.198. The molecule has 0 aromatic carbocycles. The Morgan fingerprint density at radius 1 is 1.43 bits per heavy atom. The van der Waals surface area contributed by atoms with Crippen LogP contribution >= 0.6 is 11.3 Å². The van der Waals surface area contributed by atoms with E-state index in [1.54, 1.807) is 18.4 Å². The lowest BCUT2D eigenvalue weighted by molar-refractivity contribution is 0.254. The molecule has 1 aliphatic rings. The van der Waals surface area contributed by atoms with Crippen LogP contribution in [0, 0.1) is 0 Å². The van der Waals surface area contributed by atoms with Crippen molar-refractivity contribution >= 4 is 22.5 Å². The highest BCUT2D eigenvalue weighted by atomic mass is 32.1. The fraction of sp³-hybridized carbons (Fsp3) is 0.556. The van der Waals surface area contributed by atoms with Gasteiger partial charge in [-0.2, -0.15) is 0 Å². The number of carbonyl (C=O) groups excluding carboxylic acids is 1. The molecule has 2 rings (SSSR count). The third kappa shape index (κ3) is 1.87. The first-order valence-corrected chi connectivity index (χ1v) is 5.58. The van der Waals surface area contributed by atoms with E-state index >= 15 is 0 Å². The predicted molar refractivity (Wildman–Crippen MR) is 56.8 cm³/mol. The van der Waals surface area contributed by atoms with Crippen molar-refractivity contribution in [3.63, 3.8) is 0 Å². The van der Waals surface area contributed by atoms with Crippen LogP contribution in [0.5, 0.6) is 0 Å². The van der Waals surface area contributed by atoms with Gasteiger partial charge in [0.05, 0.1) is 5.69 Å². The van der Waals surface area contributed by atoms with Crippen LogP contribution in [0.3, 0.4) is 0 Å². The van der Waals surface area contributed by atoms with Gasteiger partial charge in [0.2, 0.25) is 0 Å². The van der Waals surface area contributed by atoms with Gasteiger partial charge in [-0.25, -0.2) is 9.78 Å². The molecule has 2 N–H and O–H groups in total. The summed E-state index contributed by atoms with van der Waals surface area (Å²) in [4.78, 5) is 16.8. The van der Waals surface area contributed by atoms with E-state index in [0.29, 0.717) is 0 Å². The Kier molecular flexibility index (Phi) is 2.67. The van der Waals surface area contributed by atoms with Gasteiger partial charge in [0, 0.05) is 11.9 Å². The molecule has 0 fully saturated rings. The number of rotatable bonds is 1. The number of aromatic nitrogens is 1. The molecule has 2 amide bonds. The van der Waals surface area contributed by atoms with Gasteiger partial charge in [-0.3, -0.25) is 5.32 Å². The maximum atomic E-state index is 11.0. The lowest BCUT2D eigenvalue weighted by Crippen LogP contribution is -2.24. The second-order valence-electron chi connectivity index (χ2n) is 3.30. The number of nitrogens with zero attached hydrogens (tertiary/aromatic N) is 1. The standard InChI is InChI=1S/C9H13N3OS/c1-10-8(13)12-9-11-6-4-2-3-5-7(6)14-9/h2-5H2,1H3,(H2,10,11,12,13). The van der Waals surface area contributed by atoms with Crippen molar-refractivity contribution in [2.75, 3.05) is 12.4 Å². The highest BCUT2D eigenvalue weighted by Crippen LogP contribution is 2.29. The van der Waals surface area contributed by atoms with Gasteiger partial charge in [0.25, 0.3) is 0 Å². The summed E-state index contributed by atoms with van der Waals surface area (Å²) < 4.78 is 0. The monoisotopic (exact) mass is 211 g/mol. The van der Waals surface area contributed by atoms with Gasteiger partial charge in [0.1, 0.15) is 0 Å². The molecule has 1 aliphatic carbocycles. The maximum Gasteiger partial charge on any atom is 0.320 e. The number of hydrogen-bond donors (Lipinski definition) is 2. The van der Waals surface area contributed by atoms with Gasteiger partial charge in [-0.15, -0.1) is 11.3 Å². The molecule has 4 nitrogen and oxygen atoms in total. The van der Waals surface area contributed by atoms with Crippen molar-refractivity contribution in [3.05, 3.63) is 10.6 Å². The molecule has 0 atom stereocenters. The second kappa shape index (κ2) is 3.96. The highest BCUT2D eigenvalue weighted by Gasteiger charge is 2.15. The van der Waals surface area contributed by atoms with Crippen molar-refractivity contribution in [2.45, 2.75) is 25.7 Å². The third-order valence-corrected chi connectivity index (χ3v) is 3.37. The fourth-order valence-corrected chi connectivity index (χ4v) is 2.61. The van der Waals surface area contributed by atoms with Gasteiger partial charge in [-0.1, -0.05) is 0 Å². The molecule has 0 saturated heterocycles. The minimum atomic E-state index is -0.198. The number of hydrogen-bond acceptors (Lipinski definition) is 3. The first kappa shape index (κ1) is 9.45. The quantitative estimate of drug-likeness (QED) is 0.744. The van der Waals surface area contributed by atoms with Gasteiger partial charge in [-0.05, 0) is 25.7 Å². The Labute approximate surface area is 86.7 Å². The number of thiazole rings is 1. The molecule has 5 heteroatoms. The molecule has 14 heavy (non-hydrogen) atoms. The zero-order chi connectivity index (χ0) is 9.97. The fourth-order valence-electron chi connectivity index (χ4n) is 1.57. The molecule has 0 radical (unpaired) electrons. The largest absolute Gasteiger partial charge is 0.341 e. The van der Waals surface area contributed by atoms with Crippen molar-refractivity contribution in [1.82, 2.24) is 10.3 Å². The molecular formula is C9H13N3OS. The Hall–Kier alpha value is -1.10. The molecule has 0 bridgehead atoms. The number of amides is 2. The number of nitrogens with one attached hydrogen (secondary N) is 2. The summed E-state index contributed by atoms with van der Waals surface area (Å²) in [6.45, 7) is 0. The van der Waals surface area contributed by atoms with E-state index in [1.165, 1.54) is 23.4 Å². The van der Waals surface area contributed by atoms with Crippen LogP contribution in [-0.4, -0.2) is 18.1 Å². The van der Waals surface area contributed by atoms with Crippen LogP contribution in [0.2, 0.25) is 0 Å². The van der Waals surface area contributed by atoms with Crippen LogP contribution < -0.4 is 10.6 Å². The minimum Gasteiger partial charge on any atom is -0.341 e. The first-order chi connectivity index (χ1) is 6.79. The van der Waals surface area contributed by atoms with Crippen LogP contribution in [0.15, 0.2) is 0 Å². The zero-order valence-electron chi connectivity index (χ0n) is 8.09. The predicted octanol–water partition coefficient (Wildman–Crippen LogP) is 1.77. The van der Waals surface area contributed by atoms with Crippen LogP contribution in [0.4, 0.5) is 9.93 Å². The summed E-state index contributed by atoms with van der Waals surface area (Å²) in [6.07, 6.45) is 4.63. The van der Waals surface area contributed by atoms with E-state index in [4.69, 9.17) is 0 Å². The molecule has 0 unspecified atom stereocenters. The summed E-state index contributed by atoms with van der Waals surface area (Å²) in [7, 11) is 1.60. The lowest BCUT2D eigenvalue weighted by atomic mass is 10.0. The summed E-state index contributed by atoms with van der Waals surface area (Å²) in [5.74, 6) is 0.